The molecule has 0 aliphatic rings. The molecule has 0 atom stereocenters. The van der Waals surface area contributed by atoms with Crippen LogP contribution in [0.25, 0.3) is 0 Å². The van der Waals surface area contributed by atoms with Crippen molar-refractivity contribution >= 4 is 28.9 Å². The van der Waals surface area contributed by atoms with Crippen molar-refractivity contribution in [1.82, 2.24) is 4.90 Å². The number of carboxylic acid groups (broad SMARTS) is 1. The Kier molecular flexibility index (Phi) is 5.08. The van der Waals surface area contributed by atoms with Crippen LogP contribution in [0.2, 0.25) is 5.02 Å². The number of hydrogen-bond acceptors (Lipinski definition) is 3. The quantitative estimate of drug-likeness (QED) is 0.840. The molecule has 0 bridgehead atoms. The third kappa shape index (κ3) is 4.20. The van der Waals surface area contributed by atoms with Crippen LogP contribution in [-0.2, 0) is 11.3 Å². The predicted octanol–water partition coefficient (Wildman–Crippen LogP) is 2.70. The first-order valence-corrected chi connectivity index (χ1v) is 6.05. The molecule has 1 aromatic rings. The Morgan fingerprint density at radius 1 is 1.67 bits per heavy atom. The van der Waals surface area contributed by atoms with E-state index >= 15 is 0 Å². The molecule has 0 radical (unpaired) electrons. The van der Waals surface area contributed by atoms with Crippen molar-refractivity contribution in [3.63, 3.8) is 0 Å². The maximum Gasteiger partial charge on any atom is 0.317 e. The minimum absolute atomic E-state index is 0.0715. The van der Waals surface area contributed by atoms with Crippen LogP contribution in [0.1, 0.15) is 18.2 Å². The third-order valence-corrected chi connectivity index (χ3v) is 3.33. The monoisotopic (exact) mass is 247 g/mol. The Morgan fingerprint density at radius 3 is 2.87 bits per heavy atom. The lowest BCUT2D eigenvalue weighted by atomic mass is 10.3. The molecule has 0 unspecified atom stereocenters. The molecule has 0 fully saturated rings. The van der Waals surface area contributed by atoms with E-state index in [0.717, 1.165) is 22.9 Å². The molecule has 0 amide bonds. The van der Waals surface area contributed by atoms with E-state index in [1.807, 2.05) is 23.3 Å². The molecular formula is C10H14ClNO2S. The van der Waals surface area contributed by atoms with E-state index in [9.17, 15) is 4.79 Å². The van der Waals surface area contributed by atoms with Crippen molar-refractivity contribution in [2.24, 2.45) is 0 Å². The van der Waals surface area contributed by atoms with Crippen LogP contribution >= 0.6 is 22.9 Å². The second-order valence-electron chi connectivity index (χ2n) is 3.30. The molecule has 1 aromatic heterocycles. The number of aliphatic carboxylic acids is 1. The molecule has 0 aromatic carbocycles. The lowest BCUT2D eigenvalue weighted by Crippen LogP contribution is -2.29. The van der Waals surface area contributed by atoms with Gasteiger partial charge in [0.05, 0.1) is 11.6 Å². The highest BCUT2D eigenvalue weighted by Crippen LogP contribution is 2.23. The summed E-state index contributed by atoms with van der Waals surface area (Å²) in [6, 6.07) is 1.84. The summed E-state index contributed by atoms with van der Waals surface area (Å²) >= 11 is 7.52. The van der Waals surface area contributed by atoms with E-state index in [4.69, 9.17) is 16.7 Å². The van der Waals surface area contributed by atoms with Gasteiger partial charge in [-0.1, -0.05) is 18.5 Å². The SMILES string of the molecule is CCCN(CC(=O)O)Cc1sccc1Cl. The summed E-state index contributed by atoms with van der Waals surface area (Å²) in [5.74, 6) is -0.795. The summed E-state index contributed by atoms with van der Waals surface area (Å²) in [6.45, 7) is 3.50. The van der Waals surface area contributed by atoms with Crippen molar-refractivity contribution in [2.45, 2.75) is 19.9 Å². The number of hydrogen-bond donors (Lipinski definition) is 1. The van der Waals surface area contributed by atoms with E-state index in [1.165, 1.54) is 0 Å². The highest BCUT2D eigenvalue weighted by molar-refractivity contribution is 7.10. The smallest absolute Gasteiger partial charge is 0.317 e. The molecule has 0 spiro atoms. The predicted molar refractivity (Wildman–Crippen MR) is 62.5 cm³/mol. The second-order valence-corrected chi connectivity index (χ2v) is 4.70. The van der Waals surface area contributed by atoms with Gasteiger partial charge >= 0.3 is 5.97 Å². The Bertz CT molecular complexity index is 327. The fourth-order valence-corrected chi connectivity index (χ4v) is 2.50. The highest BCUT2D eigenvalue weighted by atomic mass is 35.5. The number of halogens is 1. The molecular weight excluding hydrogens is 234 g/mol. The standard InChI is InChI=1S/C10H14ClNO2S/c1-2-4-12(7-10(13)14)6-9-8(11)3-5-15-9/h3,5H,2,4,6-7H2,1H3,(H,13,14). The van der Waals surface area contributed by atoms with Gasteiger partial charge in [-0.25, -0.2) is 0 Å². The normalized spacial score (nSPS) is 10.9. The van der Waals surface area contributed by atoms with Crippen LogP contribution in [0, 0.1) is 0 Å². The van der Waals surface area contributed by atoms with E-state index in [2.05, 4.69) is 0 Å². The van der Waals surface area contributed by atoms with E-state index in [1.54, 1.807) is 11.3 Å². The summed E-state index contributed by atoms with van der Waals surface area (Å²) in [6.07, 6.45) is 0.941. The van der Waals surface area contributed by atoms with Crippen LogP contribution in [0.3, 0.4) is 0 Å². The summed E-state index contributed by atoms with van der Waals surface area (Å²) < 4.78 is 0. The van der Waals surface area contributed by atoms with Crippen LogP contribution in [-0.4, -0.2) is 29.1 Å². The van der Waals surface area contributed by atoms with Gasteiger partial charge in [0.2, 0.25) is 0 Å². The lowest BCUT2D eigenvalue weighted by molar-refractivity contribution is -0.138. The van der Waals surface area contributed by atoms with E-state index < -0.39 is 5.97 Å². The van der Waals surface area contributed by atoms with E-state index in [-0.39, 0.29) is 6.54 Å². The van der Waals surface area contributed by atoms with Crippen LogP contribution in [0.5, 0.6) is 0 Å². The number of thiophene rings is 1. The molecule has 84 valence electrons. The molecule has 5 heteroatoms. The first kappa shape index (κ1) is 12.5. The zero-order valence-corrected chi connectivity index (χ0v) is 10.1. The Balaban J connectivity index is 2.58. The largest absolute Gasteiger partial charge is 0.480 e. The van der Waals surface area contributed by atoms with Crippen LogP contribution in [0.15, 0.2) is 11.4 Å². The van der Waals surface area contributed by atoms with E-state index in [0.29, 0.717) is 6.54 Å². The summed E-state index contributed by atoms with van der Waals surface area (Å²) in [5.41, 5.74) is 0. The summed E-state index contributed by atoms with van der Waals surface area (Å²) in [4.78, 5) is 13.5. The number of nitrogens with zero attached hydrogens (tertiary/aromatic N) is 1. The average Bonchev–Trinajstić information content (AvgIpc) is 2.51. The molecule has 0 aliphatic heterocycles. The van der Waals surface area contributed by atoms with Gasteiger partial charge in [-0.2, -0.15) is 0 Å². The van der Waals surface area contributed by atoms with Gasteiger partial charge in [0.25, 0.3) is 0 Å². The summed E-state index contributed by atoms with van der Waals surface area (Å²) in [5, 5.41) is 11.4. The Morgan fingerprint density at radius 2 is 2.40 bits per heavy atom. The molecule has 1 N–H and O–H groups in total. The second kappa shape index (κ2) is 6.10. The molecule has 0 saturated carbocycles. The molecule has 3 nitrogen and oxygen atoms in total. The van der Waals surface area contributed by atoms with Crippen molar-refractivity contribution in [3.05, 3.63) is 21.3 Å². The van der Waals surface area contributed by atoms with Crippen molar-refractivity contribution in [1.29, 1.82) is 0 Å². The fraction of sp³-hybridized carbons (Fsp3) is 0.500. The molecule has 0 saturated heterocycles. The first-order chi connectivity index (χ1) is 7.13. The Hall–Kier alpha value is -0.580. The maximum absolute atomic E-state index is 10.6. The van der Waals surface area contributed by atoms with Gasteiger partial charge in [-0.15, -0.1) is 11.3 Å². The number of rotatable bonds is 6. The average molecular weight is 248 g/mol. The van der Waals surface area contributed by atoms with Crippen LogP contribution in [0.4, 0.5) is 0 Å². The van der Waals surface area contributed by atoms with Crippen molar-refractivity contribution < 1.29 is 9.90 Å². The number of carbonyl (C=O) groups is 1. The van der Waals surface area contributed by atoms with Gasteiger partial charge in [-0.05, 0) is 24.4 Å². The van der Waals surface area contributed by atoms with Gasteiger partial charge in [-0.3, -0.25) is 9.69 Å². The molecule has 1 rings (SSSR count). The summed E-state index contributed by atoms with van der Waals surface area (Å²) in [7, 11) is 0. The van der Waals surface area contributed by atoms with Crippen molar-refractivity contribution in [3.8, 4) is 0 Å². The zero-order valence-electron chi connectivity index (χ0n) is 8.57. The van der Waals surface area contributed by atoms with Crippen molar-refractivity contribution in [2.75, 3.05) is 13.1 Å². The third-order valence-electron chi connectivity index (χ3n) is 1.96. The van der Waals surface area contributed by atoms with Gasteiger partial charge in [0, 0.05) is 11.4 Å². The molecule has 15 heavy (non-hydrogen) atoms. The fourth-order valence-electron chi connectivity index (χ4n) is 1.36. The van der Waals surface area contributed by atoms with Gasteiger partial charge < -0.3 is 5.11 Å². The number of carboxylic acids is 1. The minimum Gasteiger partial charge on any atom is -0.480 e. The first-order valence-electron chi connectivity index (χ1n) is 4.79. The maximum atomic E-state index is 10.6. The topological polar surface area (TPSA) is 40.5 Å². The molecule has 1 heterocycles. The van der Waals surface area contributed by atoms with Crippen LogP contribution < -0.4 is 0 Å². The van der Waals surface area contributed by atoms with Gasteiger partial charge in [0.1, 0.15) is 0 Å². The lowest BCUT2D eigenvalue weighted by Gasteiger charge is -2.18. The minimum atomic E-state index is -0.795. The Labute approximate surface area is 98.3 Å². The molecule has 0 aliphatic carbocycles. The zero-order chi connectivity index (χ0) is 11.3. The van der Waals surface area contributed by atoms with Gasteiger partial charge in [0.15, 0.2) is 0 Å². The highest BCUT2D eigenvalue weighted by Gasteiger charge is 2.11.